The van der Waals surface area contributed by atoms with Gasteiger partial charge in [-0.1, -0.05) is 30.3 Å². The number of methoxy groups -OCH3 is 3. The first kappa shape index (κ1) is 19.6. The zero-order chi connectivity index (χ0) is 18.9. The quantitative estimate of drug-likeness (QED) is 0.747. The predicted molar refractivity (Wildman–Crippen MR) is 101 cm³/mol. The standard InChI is InChI=1S/C20H26N2O4/c1-22(14-15-8-6-5-7-9-15)11-10-21-20(23)16-12-17(24-2)19(26-4)18(13-16)25-3/h5-9,12-13H,10-11,14H2,1-4H3,(H,21,23). The normalized spacial score (nSPS) is 10.5. The number of likely N-dealkylation sites (N-methyl/N-ethyl adjacent to an activating group) is 1. The van der Waals surface area contributed by atoms with E-state index in [9.17, 15) is 4.79 Å². The Bertz CT molecular complexity index is 694. The highest BCUT2D eigenvalue weighted by Crippen LogP contribution is 2.38. The van der Waals surface area contributed by atoms with Crippen molar-refractivity contribution in [3.8, 4) is 17.2 Å². The zero-order valence-electron chi connectivity index (χ0n) is 15.7. The van der Waals surface area contributed by atoms with Crippen molar-refractivity contribution in [2.24, 2.45) is 0 Å². The van der Waals surface area contributed by atoms with E-state index in [4.69, 9.17) is 14.2 Å². The molecule has 1 amide bonds. The lowest BCUT2D eigenvalue weighted by Gasteiger charge is -2.17. The fraction of sp³-hybridized carbons (Fsp3) is 0.350. The summed E-state index contributed by atoms with van der Waals surface area (Å²) in [6.45, 7) is 2.12. The first-order chi connectivity index (χ1) is 12.6. The van der Waals surface area contributed by atoms with Crippen LogP contribution in [0.4, 0.5) is 0 Å². The summed E-state index contributed by atoms with van der Waals surface area (Å²) in [5.41, 5.74) is 1.70. The number of hydrogen-bond donors (Lipinski definition) is 1. The topological polar surface area (TPSA) is 60.0 Å². The first-order valence-electron chi connectivity index (χ1n) is 8.39. The van der Waals surface area contributed by atoms with Gasteiger partial charge in [-0.05, 0) is 24.7 Å². The fourth-order valence-corrected chi connectivity index (χ4v) is 2.65. The van der Waals surface area contributed by atoms with E-state index in [0.29, 0.717) is 29.4 Å². The third-order valence-electron chi connectivity index (χ3n) is 4.00. The molecule has 0 atom stereocenters. The highest BCUT2D eigenvalue weighted by molar-refractivity contribution is 5.95. The monoisotopic (exact) mass is 358 g/mol. The van der Waals surface area contributed by atoms with Gasteiger partial charge in [0.25, 0.3) is 5.91 Å². The number of hydrogen-bond acceptors (Lipinski definition) is 5. The van der Waals surface area contributed by atoms with E-state index in [1.165, 1.54) is 26.9 Å². The third kappa shape index (κ3) is 5.13. The molecule has 0 unspecified atom stereocenters. The van der Waals surface area contributed by atoms with Crippen molar-refractivity contribution < 1.29 is 19.0 Å². The van der Waals surface area contributed by atoms with Crippen LogP contribution in [0.1, 0.15) is 15.9 Å². The van der Waals surface area contributed by atoms with Crippen LogP contribution in [0.15, 0.2) is 42.5 Å². The fourth-order valence-electron chi connectivity index (χ4n) is 2.65. The van der Waals surface area contributed by atoms with E-state index >= 15 is 0 Å². The Labute approximate surface area is 154 Å². The second kappa shape index (κ2) is 9.68. The first-order valence-corrected chi connectivity index (χ1v) is 8.39. The minimum Gasteiger partial charge on any atom is -0.493 e. The number of nitrogens with zero attached hydrogens (tertiary/aromatic N) is 1. The lowest BCUT2D eigenvalue weighted by molar-refractivity contribution is 0.0949. The molecule has 0 fully saturated rings. The van der Waals surface area contributed by atoms with Gasteiger partial charge in [-0.2, -0.15) is 0 Å². The van der Waals surface area contributed by atoms with Crippen LogP contribution < -0.4 is 19.5 Å². The van der Waals surface area contributed by atoms with E-state index in [-0.39, 0.29) is 5.91 Å². The van der Waals surface area contributed by atoms with E-state index < -0.39 is 0 Å². The molecule has 1 N–H and O–H groups in total. The Morgan fingerprint density at radius 2 is 1.62 bits per heavy atom. The Morgan fingerprint density at radius 1 is 1.00 bits per heavy atom. The van der Waals surface area contributed by atoms with Crippen molar-refractivity contribution in [2.45, 2.75) is 6.54 Å². The number of rotatable bonds is 9. The number of carbonyl (C=O) groups excluding carboxylic acids is 1. The molecule has 0 aromatic heterocycles. The highest BCUT2D eigenvalue weighted by atomic mass is 16.5. The minimum absolute atomic E-state index is 0.183. The van der Waals surface area contributed by atoms with Crippen LogP contribution in [0.3, 0.4) is 0 Å². The molecule has 6 nitrogen and oxygen atoms in total. The summed E-state index contributed by atoms with van der Waals surface area (Å²) in [5, 5.41) is 2.92. The number of nitrogens with one attached hydrogen (secondary N) is 1. The molecule has 140 valence electrons. The van der Waals surface area contributed by atoms with Crippen LogP contribution in [0, 0.1) is 0 Å². The summed E-state index contributed by atoms with van der Waals surface area (Å²) in [7, 11) is 6.61. The second-order valence-electron chi connectivity index (χ2n) is 5.89. The Hall–Kier alpha value is -2.73. The molecule has 2 rings (SSSR count). The molecule has 0 saturated carbocycles. The van der Waals surface area contributed by atoms with Crippen molar-refractivity contribution in [3.05, 3.63) is 53.6 Å². The van der Waals surface area contributed by atoms with Crippen molar-refractivity contribution >= 4 is 5.91 Å². The van der Waals surface area contributed by atoms with E-state index in [1.807, 2.05) is 25.2 Å². The highest BCUT2D eigenvalue weighted by Gasteiger charge is 2.16. The van der Waals surface area contributed by atoms with Gasteiger partial charge in [-0.3, -0.25) is 4.79 Å². The molecular formula is C20H26N2O4. The summed E-state index contributed by atoms with van der Waals surface area (Å²) in [5.74, 6) is 1.20. The molecule has 0 bridgehead atoms. The largest absolute Gasteiger partial charge is 0.493 e. The number of benzene rings is 2. The maximum absolute atomic E-state index is 12.4. The van der Waals surface area contributed by atoms with Crippen molar-refractivity contribution in [3.63, 3.8) is 0 Å². The summed E-state index contributed by atoms with van der Waals surface area (Å²) in [6, 6.07) is 13.5. The molecule has 0 aliphatic heterocycles. The summed E-state index contributed by atoms with van der Waals surface area (Å²) in [4.78, 5) is 14.6. The van der Waals surface area contributed by atoms with Crippen molar-refractivity contribution in [1.82, 2.24) is 10.2 Å². The maximum atomic E-state index is 12.4. The van der Waals surface area contributed by atoms with Gasteiger partial charge >= 0.3 is 0 Å². The van der Waals surface area contributed by atoms with Gasteiger partial charge in [-0.25, -0.2) is 0 Å². The van der Waals surface area contributed by atoms with E-state index in [2.05, 4.69) is 22.3 Å². The van der Waals surface area contributed by atoms with E-state index in [1.54, 1.807) is 12.1 Å². The molecule has 0 heterocycles. The van der Waals surface area contributed by atoms with Crippen LogP contribution in [0.25, 0.3) is 0 Å². The molecular weight excluding hydrogens is 332 g/mol. The SMILES string of the molecule is COc1cc(C(=O)NCCN(C)Cc2ccccc2)cc(OC)c1OC. The molecule has 0 saturated heterocycles. The summed E-state index contributed by atoms with van der Waals surface area (Å²) < 4.78 is 15.8. The number of carbonyl (C=O) groups is 1. The second-order valence-corrected chi connectivity index (χ2v) is 5.89. The molecule has 0 aliphatic rings. The van der Waals surface area contributed by atoms with Crippen LogP contribution in [0.5, 0.6) is 17.2 Å². The Balaban J connectivity index is 1.93. The lowest BCUT2D eigenvalue weighted by Crippen LogP contribution is -2.32. The van der Waals surface area contributed by atoms with Gasteiger partial charge < -0.3 is 24.4 Å². The van der Waals surface area contributed by atoms with Gasteiger partial charge in [0.1, 0.15) is 0 Å². The smallest absolute Gasteiger partial charge is 0.251 e. The van der Waals surface area contributed by atoms with Crippen LogP contribution in [-0.2, 0) is 6.54 Å². The molecule has 0 radical (unpaired) electrons. The number of ether oxygens (including phenoxy) is 3. The van der Waals surface area contributed by atoms with Crippen molar-refractivity contribution in [1.29, 1.82) is 0 Å². The average Bonchev–Trinajstić information content (AvgIpc) is 2.67. The summed E-state index contributed by atoms with van der Waals surface area (Å²) >= 11 is 0. The van der Waals surface area contributed by atoms with Crippen LogP contribution in [0.2, 0.25) is 0 Å². The molecule has 26 heavy (non-hydrogen) atoms. The summed E-state index contributed by atoms with van der Waals surface area (Å²) in [6.07, 6.45) is 0. The molecule has 2 aromatic carbocycles. The Kier molecular flexibility index (Phi) is 7.29. The third-order valence-corrected chi connectivity index (χ3v) is 4.00. The minimum atomic E-state index is -0.183. The van der Waals surface area contributed by atoms with Crippen molar-refractivity contribution in [2.75, 3.05) is 41.5 Å². The zero-order valence-corrected chi connectivity index (χ0v) is 15.7. The van der Waals surface area contributed by atoms with E-state index in [0.717, 1.165) is 13.1 Å². The maximum Gasteiger partial charge on any atom is 0.251 e. The van der Waals surface area contributed by atoms with Gasteiger partial charge in [0, 0.05) is 25.2 Å². The van der Waals surface area contributed by atoms with Gasteiger partial charge in [0.2, 0.25) is 5.75 Å². The number of amides is 1. The Morgan fingerprint density at radius 3 is 2.15 bits per heavy atom. The van der Waals surface area contributed by atoms with Crippen LogP contribution in [-0.4, -0.2) is 52.3 Å². The van der Waals surface area contributed by atoms with Crippen LogP contribution >= 0.6 is 0 Å². The molecule has 6 heteroatoms. The lowest BCUT2D eigenvalue weighted by atomic mass is 10.1. The molecule has 0 aliphatic carbocycles. The van der Waals surface area contributed by atoms with Gasteiger partial charge in [0.15, 0.2) is 11.5 Å². The molecule has 2 aromatic rings. The predicted octanol–water partition coefficient (Wildman–Crippen LogP) is 2.57. The van der Waals surface area contributed by atoms with Gasteiger partial charge in [-0.15, -0.1) is 0 Å². The average molecular weight is 358 g/mol. The molecule has 0 spiro atoms. The van der Waals surface area contributed by atoms with Gasteiger partial charge in [0.05, 0.1) is 21.3 Å².